The van der Waals surface area contributed by atoms with E-state index in [1.165, 1.54) is 47.0 Å². The number of anilines is 1. The number of aromatic nitrogens is 1. The number of nitro groups is 1. The molecular weight excluding hydrogens is 474 g/mol. The minimum Gasteiger partial charge on any atom is -0.423 e. The number of nitrogens with zero attached hydrogens (tertiary/aromatic N) is 4. The minimum absolute atomic E-state index is 0.0671. The highest BCUT2D eigenvalue weighted by atomic mass is 32.2. The van der Waals surface area contributed by atoms with Crippen molar-refractivity contribution < 1.29 is 22.9 Å². The lowest BCUT2D eigenvalue weighted by Gasteiger charge is -2.18. The van der Waals surface area contributed by atoms with E-state index in [1.807, 2.05) is 0 Å². The van der Waals surface area contributed by atoms with Crippen LogP contribution in [0.4, 0.5) is 11.5 Å². The van der Waals surface area contributed by atoms with Gasteiger partial charge in [-0.25, -0.2) is 18.2 Å². The van der Waals surface area contributed by atoms with Crippen LogP contribution in [0.3, 0.4) is 0 Å². The molecule has 12 heteroatoms. The van der Waals surface area contributed by atoms with Crippen molar-refractivity contribution in [2.45, 2.75) is 18.7 Å². The fourth-order valence-electron chi connectivity index (χ4n) is 3.02. The Morgan fingerprint density at radius 3 is 2.46 bits per heavy atom. The van der Waals surface area contributed by atoms with E-state index in [2.05, 4.69) is 15.5 Å². The standard InChI is InChI=1S/C23H23N5O6S/c1-3-27(4-2)35(32,33)21-12-13-22(24-16-21)26-25-15-17-8-10-20(11-9-17)34-23(29)18-6-5-7-19(14-18)28(30)31/h5-16H,3-4H2,1-2H3,(H,24,26)/b25-15-. The Labute approximate surface area is 202 Å². The first kappa shape index (κ1) is 25.5. The summed E-state index contributed by atoms with van der Waals surface area (Å²) in [6, 6.07) is 14.7. The van der Waals surface area contributed by atoms with Gasteiger partial charge in [0.1, 0.15) is 16.5 Å². The van der Waals surface area contributed by atoms with Crippen molar-refractivity contribution in [1.29, 1.82) is 0 Å². The molecule has 0 radical (unpaired) electrons. The Morgan fingerprint density at radius 1 is 1.14 bits per heavy atom. The molecule has 0 aliphatic rings. The molecule has 0 fully saturated rings. The number of esters is 1. The number of benzene rings is 2. The lowest BCUT2D eigenvalue weighted by Crippen LogP contribution is -2.30. The quantitative estimate of drug-likeness (QED) is 0.147. The highest BCUT2D eigenvalue weighted by Gasteiger charge is 2.21. The van der Waals surface area contributed by atoms with Gasteiger partial charge in [0, 0.05) is 31.4 Å². The smallest absolute Gasteiger partial charge is 0.343 e. The first-order valence-electron chi connectivity index (χ1n) is 10.6. The largest absolute Gasteiger partial charge is 0.423 e. The van der Waals surface area contributed by atoms with Crippen molar-refractivity contribution in [1.82, 2.24) is 9.29 Å². The summed E-state index contributed by atoms with van der Waals surface area (Å²) in [6.07, 6.45) is 2.78. The normalized spacial score (nSPS) is 11.5. The number of carbonyl (C=O) groups excluding carboxylic acids is 1. The molecule has 0 atom stereocenters. The molecule has 0 aliphatic carbocycles. The zero-order chi connectivity index (χ0) is 25.4. The molecule has 0 saturated heterocycles. The third kappa shape index (κ3) is 6.46. The molecule has 0 aliphatic heterocycles. The summed E-state index contributed by atoms with van der Waals surface area (Å²) in [5.74, 6) is -0.0881. The molecule has 1 heterocycles. The van der Waals surface area contributed by atoms with Gasteiger partial charge >= 0.3 is 5.97 Å². The van der Waals surface area contributed by atoms with E-state index in [1.54, 1.807) is 38.1 Å². The molecule has 0 amide bonds. The second kappa shape index (κ2) is 11.3. The molecule has 3 rings (SSSR count). The Hall–Kier alpha value is -4.16. The van der Waals surface area contributed by atoms with E-state index < -0.39 is 20.9 Å². The fraction of sp³-hybridized carbons (Fsp3) is 0.174. The van der Waals surface area contributed by atoms with Crippen LogP contribution >= 0.6 is 0 Å². The maximum atomic E-state index is 12.5. The summed E-state index contributed by atoms with van der Waals surface area (Å²) in [7, 11) is -3.58. The van der Waals surface area contributed by atoms with Crippen molar-refractivity contribution in [3.63, 3.8) is 0 Å². The third-order valence-electron chi connectivity index (χ3n) is 4.86. The SMILES string of the molecule is CCN(CC)S(=O)(=O)c1ccc(N/N=C\c2ccc(OC(=O)c3cccc([N+](=O)[O-])c3)cc2)nc1. The number of nitro benzene ring substituents is 1. The van der Waals surface area contributed by atoms with Crippen LogP contribution in [0.15, 0.2) is 76.9 Å². The van der Waals surface area contributed by atoms with Crippen LogP contribution in [0.2, 0.25) is 0 Å². The van der Waals surface area contributed by atoms with Crippen molar-refractivity contribution in [2.24, 2.45) is 5.10 Å². The molecule has 35 heavy (non-hydrogen) atoms. The molecule has 182 valence electrons. The van der Waals surface area contributed by atoms with Gasteiger partial charge in [-0.1, -0.05) is 19.9 Å². The minimum atomic E-state index is -3.58. The Bertz CT molecular complexity index is 1320. The summed E-state index contributed by atoms with van der Waals surface area (Å²) in [6.45, 7) is 4.28. The van der Waals surface area contributed by atoms with Crippen LogP contribution < -0.4 is 10.2 Å². The Balaban J connectivity index is 1.58. The highest BCUT2D eigenvalue weighted by Crippen LogP contribution is 2.18. The zero-order valence-electron chi connectivity index (χ0n) is 19.0. The molecular formula is C23H23N5O6S. The summed E-state index contributed by atoms with van der Waals surface area (Å²) in [5.41, 5.74) is 3.28. The molecule has 2 aromatic carbocycles. The molecule has 0 spiro atoms. The monoisotopic (exact) mass is 497 g/mol. The van der Waals surface area contributed by atoms with Crippen LogP contribution in [-0.2, 0) is 10.0 Å². The van der Waals surface area contributed by atoms with E-state index in [-0.39, 0.29) is 21.9 Å². The third-order valence-corrected chi connectivity index (χ3v) is 6.89. The van der Waals surface area contributed by atoms with Gasteiger partial charge in [-0.15, -0.1) is 0 Å². The van der Waals surface area contributed by atoms with Crippen molar-refractivity contribution >= 4 is 33.7 Å². The zero-order valence-corrected chi connectivity index (χ0v) is 19.8. The molecule has 0 unspecified atom stereocenters. The second-order valence-corrected chi connectivity index (χ2v) is 9.04. The van der Waals surface area contributed by atoms with Gasteiger partial charge in [0.2, 0.25) is 10.0 Å². The molecule has 3 aromatic rings. The van der Waals surface area contributed by atoms with Gasteiger partial charge in [0.25, 0.3) is 5.69 Å². The Morgan fingerprint density at radius 2 is 1.86 bits per heavy atom. The van der Waals surface area contributed by atoms with Gasteiger partial charge < -0.3 is 4.74 Å². The molecule has 11 nitrogen and oxygen atoms in total. The second-order valence-electron chi connectivity index (χ2n) is 7.10. The lowest BCUT2D eigenvalue weighted by molar-refractivity contribution is -0.384. The topological polar surface area (TPSA) is 144 Å². The van der Waals surface area contributed by atoms with Crippen LogP contribution in [0.5, 0.6) is 5.75 Å². The van der Waals surface area contributed by atoms with Crippen molar-refractivity contribution in [2.75, 3.05) is 18.5 Å². The fourth-order valence-corrected chi connectivity index (χ4v) is 4.42. The molecule has 0 saturated carbocycles. The summed E-state index contributed by atoms with van der Waals surface area (Å²) in [4.78, 5) is 26.7. The predicted molar refractivity (Wildman–Crippen MR) is 130 cm³/mol. The number of carbonyl (C=O) groups is 1. The van der Waals surface area contributed by atoms with Crippen molar-refractivity contribution in [3.8, 4) is 5.75 Å². The maximum Gasteiger partial charge on any atom is 0.343 e. The van der Waals surface area contributed by atoms with Gasteiger partial charge in [-0.3, -0.25) is 15.5 Å². The van der Waals surface area contributed by atoms with Crippen LogP contribution in [0, 0.1) is 10.1 Å². The van der Waals surface area contributed by atoms with Gasteiger partial charge in [0.15, 0.2) is 0 Å². The van der Waals surface area contributed by atoms with E-state index in [0.717, 1.165) is 6.07 Å². The number of ether oxygens (including phenoxy) is 1. The van der Waals surface area contributed by atoms with Crippen LogP contribution in [0.1, 0.15) is 29.8 Å². The average molecular weight is 498 g/mol. The van der Waals surface area contributed by atoms with E-state index in [9.17, 15) is 23.3 Å². The molecule has 1 N–H and O–H groups in total. The number of hydrogen-bond acceptors (Lipinski definition) is 9. The van der Waals surface area contributed by atoms with Crippen LogP contribution in [-0.4, -0.2) is 47.9 Å². The number of pyridine rings is 1. The van der Waals surface area contributed by atoms with Crippen molar-refractivity contribution in [3.05, 3.63) is 88.1 Å². The number of sulfonamides is 1. The molecule has 0 bridgehead atoms. The van der Waals surface area contributed by atoms with Crippen LogP contribution in [0.25, 0.3) is 0 Å². The summed E-state index contributed by atoms with van der Waals surface area (Å²) < 4.78 is 31.6. The van der Waals surface area contributed by atoms with E-state index in [0.29, 0.717) is 24.5 Å². The summed E-state index contributed by atoms with van der Waals surface area (Å²) >= 11 is 0. The molecule has 1 aromatic heterocycles. The first-order valence-corrected chi connectivity index (χ1v) is 12.0. The van der Waals surface area contributed by atoms with E-state index >= 15 is 0 Å². The maximum absolute atomic E-state index is 12.5. The Kier molecular flexibility index (Phi) is 8.23. The number of non-ortho nitro benzene ring substituents is 1. The highest BCUT2D eigenvalue weighted by molar-refractivity contribution is 7.89. The van der Waals surface area contributed by atoms with Gasteiger partial charge in [-0.05, 0) is 48.0 Å². The first-order chi connectivity index (χ1) is 16.7. The van der Waals surface area contributed by atoms with Gasteiger partial charge in [0.05, 0.1) is 16.7 Å². The number of hydrogen-bond donors (Lipinski definition) is 1. The summed E-state index contributed by atoms with van der Waals surface area (Å²) in [5, 5.41) is 14.9. The predicted octanol–water partition coefficient (Wildman–Crippen LogP) is 3.69. The average Bonchev–Trinajstić information content (AvgIpc) is 2.86. The number of rotatable bonds is 10. The number of hydrazone groups is 1. The van der Waals surface area contributed by atoms with E-state index in [4.69, 9.17) is 4.74 Å². The number of nitrogens with one attached hydrogen (secondary N) is 1. The lowest BCUT2D eigenvalue weighted by atomic mass is 10.2. The van der Waals surface area contributed by atoms with Gasteiger partial charge in [-0.2, -0.15) is 9.41 Å².